The van der Waals surface area contributed by atoms with E-state index in [1.165, 1.54) is 10.4 Å². The third-order valence-corrected chi connectivity index (χ3v) is 8.12. The van der Waals surface area contributed by atoms with Crippen LogP contribution in [-0.2, 0) is 17.1 Å². The number of nitrogens with zero attached hydrogens (tertiary/aromatic N) is 3. The van der Waals surface area contributed by atoms with E-state index in [9.17, 15) is 13.2 Å². The summed E-state index contributed by atoms with van der Waals surface area (Å²) in [7, 11) is -0.206. The van der Waals surface area contributed by atoms with Crippen molar-refractivity contribution in [1.29, 1.82) is 0 Å². The van der Waals surface area contributed by atoms with Crippen LogP contribution in [0.4, 0.5) is 0 Å². The summed E-state index contributed by atoms with van der Waals surface area (Å²) in [6.07, 6.45) is 6.22. The van der Waals surface area contributed by atoms with Crippen molar-refractivity contribution in [3.05, 3.63) is 77.4 Å². The lowest BCUT2D eigenvalue weighted by molar-refractivity contribution is 0.0940. The van der Waals surface area contributed by atoms with E-state index in [4.69, 9.17) is 4.74 Å². The van der Waals surface area contributed by atoms with E-state index < -0.39 is 16.1 Å². The van der Waals surface area contributed by atoms with Crippen molar-refractivity contribution in [3.63, 3.8) is 0 Å². The second kappa shape index (κ2) is 9.99. The number of sulfonamides is 1. The van der Waals surface area contributed by atoms with Crippen molar-refractivity contribution < 1.29 is 17.9 Å². The summed E-state index contributed by atoms with van der Waals surface area (Å²) in [4.78, 5) is 18.1. The predicted molar refractivity (Wildman–Crippen MR) is 129 cm³/mol. The van der Waals surface area contributed by atoms with Gasteiger partial charge in [0.15, 0.2) is 0 Å². The van der Waals surface area contributed by atoms with Crippen LogP contribution in [0.2, 0.25) is 0 Å². The van der Waals surface area contributed by atoms with Gasteiger partial charge in [0.1, 0.15) is 17.6 Å². The first-order valence-corrected chi connectivity index (χ1v) is 12.8. The number of imidazole rings is 1. The molecule has 2 aromatic carbocycles. The Bertz CT molecular complexity index is 1280. The lowest BCUT2D eigenvalue weighted by atomic mass is 10.0. The fourth-order valence-electron chi connectivity index (χ4n) is 4.24. The maximum Gasteiger partial charge on any atom is 0.252 e. The van der Waals surface area contributed by atoms with Gasteiger partial charge in [0.25, 0.3) is 5.91 Å². The minimum Gasteiger partial charge on any atom is -0.497 e. The zero-order chi connectivity index (χ0) is 24.3. The highest BCUT2D eigenvalue weighted by molar-refractivity contribution is 7.89. The molecule has 1 unspecified atom stereocenters. The molecule has 0 radical (unpaired) electrons. The van der Waals surface area contributed by atoms with Gasteiger partial charge in [-0.2, -0.15) is 4.31 Å². The van der Waals surface area contributed by atoms with Gasteiger partial charge in [0, 0.05) is 38.1 Å². The van der Waals surface area contributed by atoms with Crippen LogP contribution in [0.5, 0.6) is 5.75 Å². The number of rotatable bonds is 7. The van der Waals surface area contributed by atoms with E-state index >= 15 is 0 Å². The molecule has 4 rings (SSSR count). The van der Waals surface area contributed by atoms with Gasteiger partial charge in [-0.15, -0.1) is 0 Å². The monoisotopic (exact) mass is 482 g/mol. The van der Waals surface area contributed by atoms with Crippen LogP contribution in [0.1, 0.15) is 52.6 Å². The number of aromatic nitrogens is 2. The van der Waals surface area contributed by atoms with E-state index in [0.29, 0.717) is 35.8 Å². The molecule has 0 bridgehead atoms. The third kappa shape index (κ3) is 4.85. The normalized spacial score (nSPS) is 15.6. The van der Waals surface area contributed by atoms with Crippen molar-refractivity contribution in [3.8, 4) is 5.75 Å². The second-order valence-electron chi connectivity index (χ2n) is 8.52. The third-order valence-electron chi connectivity index (χ3n) is 6.23. The minimum atomic E-state index is -3.65. The van der Waals surface area contributed by atoms with E-state index in [1.54, 1.807) is 32.4 Å². The zero-order valence-corrected chi connectivity index (χ0v) is 20.5. The maximum absolute atomic E-state index is 13.5. The second-order valence-corrected chi connectivity index (χ2v) is 10.5. The summed E-state index contributed by atoms with van der Waals surface area (Å²) in [5.74, 6) is 0.942. The Kier molecular flexibility index (Phi) is 7.04. The quantitative estimate of drug-likeness (QED) is 0.557. The zero-order valence-electron chi connectivity index (χ0n) is 19.7. The molecule has 1 saturated heterocycles. The van der Waals surface area contributed by atoms with Gasteiger partial charge >= 0.3 is 0 Å². The molecule has 0 aliphatic carbocycles. The molecular formula is C25H30N4O4S. The standard InChI is InChI=1S/C25H30N4O4S/c1-18-10-11-21(34(31,32)29-13-5-4-6-14-29)17-22(18)25(30)27-23(24-26-12-15-28(24)2)19-8-7-9-20(16-19)33-3/h7-12,15-17,23H,4-6,13-14H2,1-3H3,(H,27,30). The largest absolute Gasteiger partial charge is 0.497 e. The first-order valence-electron chi connectivity index (χ1n) is 11.3. The van der Waals surface area contributed by atoms with Crippen LogP contribution in [0.3, 0.4) is 0 Å². The fourth-order valence-corrected chi connectivity index (χ4v) is 5.79. The van der Waals surface area contributed by atoms with Crippen molar-refractivity contribution >= 4 is 15.9 Å². The van der Waals surface area contributed by atoms with Gasteiger partial charge in [0.2, 0.25) is 10.0 Å². The van der Waals surface area contributed by atoms with Crippen LogP contribution in [-0.4, -0.2) is 48.4 Å². The van der Waals surface area contributed by atoms with Crippen LogP contribution < -0.4 is 10.1 Å². The molecule has 1 atom stereocenters. The van der Waals surface area contributed by atoms with Crippen LogP contribution in [0.15, 0.2) is 59.8 Å². The van der Waals surface area contributed by atoms with E-state index in [2.05, 4.69) is 10.3 Å². The van der Waals surface area contributed by atoms with E-state index in [1.807, 2.05) is 42.1 Å². The first-order chi connectivity index (χ1) is 16.3. The van der Waals surface area contributed by atoms with Gasteiger partial charge in [-0.1, -0.05) is 24.6 Å². The molecule has 1 aliphatic rings. The Labute approximate surface area is 200 Å². The molecule has 0 spiro atoms. The van der Waals surface area contributed by atoms with E-state index in [0.717, 1.165) is 24.8 Å². The van der Waals surface area contributed by atoms with Gasteiger partial charge in [-0.05, 0) is 55.2 Å². The molecule has 34 heavy (non-hydrogen) atoms. The summed E-state index contributed by atoms with van der Waals surface area (Å²) in [5, 5.41) is 3.06. The highest BCUT2D eigenvalue weighted by atomic mass is 32.2. The fraction of sp³-hybridized carbons (Fsp3) is 0.360. The number of piperidine rings is 1. The maximum atomic E-state index is 13.5. The Morgan fingerprint density at radius 2 is 1.88 bits per heavy atom. The average molecular weight is 483 g/mol. The van der Waals surface area contributed by atoms with Crippen LogP contribution in [0.25, 0.3) is 0 Å². The van der Waals surface area contributed by atoms with Crippen molar-refractivity contribution in [2.45, 2.75) is 37.1 Å². The number of carbonyl (C=O) groups is 1. The number of nitrogens with one attached hydrogen (secondary N) is 1. The minimum absolute atomic E-state index is 0.139. The average Bonchev–Trinajstić information content (AvgIpc) is 3.28. The molecule has 9 heteroatoms. The van der Waals surface area contributed by atoms with Crippen LogP contribution in [0, 0.1) is 6.92 Å². The van der Waals surface area contributed by atoms with Crippen molar-refractivity contribution in [2.24, 2.45) is 7.05 Å². The summed E-state index contributed by atoms with van der Waals surface area (Å²) >= 11 is 0. The van der Waals surface area contributed by atoms with Gasteiger partial charge in [-0.25, -0.2) is 13.4 Å². The summed E-state index contributed by atoms with van der Waals surface area (Å²) in [5.41, 5.74) is 1.82. The Morgan fingerprint density at radius 1 is 1.12 bits per heavy atom. The molecule has 1 amide bonds. The van der Waals surface area contributed by atoms with Gasteiger partial charge < -0.3 is 14.6 Å². The van der Waals surface area contributed by atoms with Crippen LogP contribution >= 0.6 is 0 Å². The first kappa shape index (κ1) is 24.0. The van der Waals surface area contributed by atoms with Crippen molar-refractivity contribution in [1.82, 2.24) is 19.2 Å². The number of hydrogen-bond donors (Lipinski definition) is 1. The molecule has 0 saturated carbocycles. The predicted octanol–water partition coefficient (Wildman–Crippen LogP) is 3.43. The molecule has 1 N–H and O–H groups in total. The van der Waals surface area contributed by atoms with Gasteiger partial charge in [-0.3, -0.25) is 4.79 Å². The highest BCUT2D eigenvalue weighted by Gasteiger charge is 2.28. The topological polar surface area (TPSA) is 93.5 Å². The Morgan fingerprint density at radius 3 is 2.56 bits per heavy atom. The number of ether oxygens (including phenoxy) is 1. The molecule has 8 nitrogen and oxygen atoms in total. The SMILES string of the molecule is COc1cccc(C(NC(=O)c2cc(S(=O)(=O)N3CCCCC3)ccc2C)c2nccn2C)c1. The number of amides is 1. The molecule has 3 aromatic rings. The highest BCUT2D eigenvalue weighted by Crippen LogP contribution is 2.26. The number of aryl methyl sites for hydroxylation is 2. The molecule has 2 heterocycles. The Hall–Kier alpha value is -3.17. The molecule has 180 valence electrons. The van der Waals surface area contributed by atoms with E-state index in [-0.39, 0.29) is 10.8 Å². The molecule has 1 aromatic heterocycles. The van der Waals surface area contributed by atoms with Crippen molar-refractivity contribution in [2.75, 3.05) is 20.2 Å². The number of hydrogen-bond acceptors (Lipinski definition) is 5. The lowest BCUT2D eigenvalue weighted by Crippen LogP contribution is -2.36. The lowest BCUT2D eigenvalue weighted by Gasteiger charge is -2.26. The summed E-state index contributed by atoms with van der Waals surface area (Å²) < 4.78 is 35.1. The molecular weight excluding hydrogens is 452 g/mol. The van der Waals surface area contributed by atoms with Gasteiger partial charge in [0.05, 0.1) is 12.0 Å². The molecule has 1 aliphatic heterocycles. The molecule has 1 fully saturated rings. The Balaban J connectivity index is 1.68. The smallest absolute Gasteiger partial charge is 0.252 e. The number of methoxy groups -OCH3 is 1. The summed E-state index contributed by atoms with van der Waals surface area (Å²) in [6, 6.07) is 11.6. The number of benzene rings is 2. The summed E-state index contributed by atoms with van der Waals surface area (Å²) in [6.45, 7) is 2.82. The number of carbonyl (C=O) groups excluding carboxylic acids is 1.